The molecule has 0 radical (unpaired) electrons. The number of amides is 2. The van der Waals surface area contributed by atoms with Crippen molar-refractivity contribution < 1.29 is 9.53 Å². The lowest BCUT2D eigenvalue weighted by atomic mass is 10.2. The van der Waals surface area contributed by atoms with E-state index < -0.39 is 0 Å². The third kappa shape index (κ3) is 5.27. The molecule has 22 heavy (non-hydrogen) atoms. The van der Waals surface area contributed by atoms with E-state index in [0.717, 1.165) is 37.3 Å². The van der Waals surface area contributed by atoms with Gasteiger partial charge in [-0.05, 0) is 38.8 Å². The van der Waals surface area contributed by atoms with Gasteiger partial charge < -0.3 is 15.4 Å². The molecule has 122 valence electrons. The van der Waals surface area contributed by atoms with Gasteiger partial charge in [0.1, 0.15) is 0 Å². The Morgan fingerprint density at radius 2 is 2.14 bits per heavy atom. The molecule has 1 aromatic rings. The fraction of sp³-hybridized carbons (Fsp3) is 0.625. The quantitative estimate of drug-likeness (QED) is 0.817. The minimum atomic E-state index is -0.169. The number of nitrogens with zero attached hydrogens (tertiary/aromatic N) is 2. The number of hydrogen-bond acceptors (Lipinski definition) is 4. The van der Waals surface area contributed by atoms with Crippen molar-refractivity contribution in [2.45, 2.75) is 39.4 Å². The molecule has 0 unspecified atom stereocenters. The zero-order chi connectivity index (χ0) is 15.9. The van der Waals surface area contributed by atoms with Crippen molar-refractivity contribution in [3.05, 3.63) is 24.0 Å². The van der Waals surface area contributed by atoms with E-state index in [0.29, 0.717) is 6.54 Å². The Kier molecular flexibility index (Phi) is 6.15. The molecule has 0 spiro atoms. The van der Waals surface area contributed by atoms with E-state index in [1.807, 2.05) is 6.92 Å². The molecular formula is C16H26N4O2. The van der Waals surface area contributed by atoms with Crippen molar-refractivity contribution in [3.8, 4) is 0 Å². The lowest BCUT2D eigenvalue weighted by Crippen LogP contribution is -2.46. The van der Waals surface area contributed by atoms with Crippen LogP contribution in [-0.2, 0) is 4.74 Å². The van der Waals surface area contributed by atoms with E-state index in [-0.39, 0.29) is 18.2 Å². The molecule has 2 rings (SSSR count). The van der Waals surface area contributed by atoms with Crippen LogP contribution in [0, 0.1) is 6.92 Å². The highest BCUT2D eigenvalue weighted by atomic mass is 16.5. The minimum Gasteiger partial charge on any atom is -0.373 e. The zero-order valence-electron chi connectivity index (χ0n) is 13.6. The van der Waals surface area contributed by atoms with Crippen molar-refractivity contribution in [1.82, 2.24) is 15.2 Å². The molecule has 1 saturated heterocycles. The topological polar surface area (TPSA) is 66.5 Å². The maximum atomic E-state index is 11.8. The van der Waals surface area contributed by atoms with Crippen LogP contribution in [0.1, 0.15) is 25.8 Å². The molecule has 6 heteroatoms. The van der Waals surface area contributed by atoms with Crippen LogP contribution < -0.4 is 10.6 Å². The van der Waals surface area contributed by atoms with Crippen LogP contribution in [0.2, 0.25) is 0 Å². The standard InChI is InChI=1S/C16H26N4O2/c1-12-9-17-7-5-15(12)19-16(21)18-6-4-8-20-10-13(2)22-14(3)11-20/h5,7,9,13-14H,4,6,8,10-11H2,1-3H3,(H2,17,18,19,21)/t13-,14-/m0/s1. The van der Waals surface area contributed by atoms with Gasteiger partial charge in [0.25, 0.3) is 0 Å². The lowest BCUT2D eigenvalue weighted by molar-refractivity contribution is -0.0679. The van der Waals surface area contributed by atoms with Gasteiger partial charge >= 0.3 is 6.03 Å². The van der Waals surface area contributed by atoms with Gasteiger partial charge in [0.05, 0.1) is 12.2 Å². The number of ether oxygens (including phenoxy) is 1. The van der Waals surface area contributed by atoms with Crippen LogP contribution in [0.25, 0.3) is 0 Å². The van der Waals surface area contributed by atoms with Crippen molar-refractivity contribution in [2.75, 3.05) is 31.5 Å². The Morgan fingerprint density at radius 1 is 1.41 bits per heavy atom. The Labute approximate surface area is 132 Å². The van der Waals surface area contributed by atoms with Crippen LogP contribution in [0.4, 0.5) is 10.5 Å². The summed E-state index contributed by atoms with van der Waals surface area (Å²) in [5, 5.41) is 5.73. The summed E-state index contributed by atoms with van der Waals surface area (Å²) in [4.78, 5) is 18.2. The molecule has 2 N–H and O–H groups in total. The van der Waals surface area contributed by atoms with E-state index in [1.54, 1.807) is 18.5 Å². The highest BCUT2D eigenvalue weighted by molar-refractivity contribution is 5.89. The number of rotatable bonds is 5. The van der Waals surface area contributed by atoms with Crippen LogP contribution in [0.5, 0.6) is 0 Å². The largest absolute Gasteiger partial charge is 0.373 e. The molecule has 1 aliphatic rings. The van der Waals surface area contributed by atoms with Crippen LogP contribution in [0.3, 0.4) is 0 Å². The molecule has 1 fully saturated rings. The Morgan fingerprint density at radius 3 is 2.82 bits per heavy atom. The average molecular weight is 306 g/mol. The van der Waals surface area contributed by atoms with Crippen molar-refractivity contribution >= 4 is 11.7 Å². The first kappa shape index (κ1) is 16.7. The molecule has 0 bridgehead atoms. The molecule has 0 saturated carbocycles. The summed E-state index contributed by atoms with van der Waals surface area (Å²) < 4.78 is 5.71. The number of aromatic nitrogens is 1. The third-order valence-corrected chi connectivity index (χ3v) is 3.70. The van der Waals surface area contributed by atoms with Gasteiger partial charge in [-0.15, -0.1) is 0 Å². The molecule has 1 aliphatic heterocycles. The maximum absolute atomic E-state index is 11.8. The lowest BCUT2D eigenvalue weighted by Gasteiger charge is -2.35. The summed E-state index contributed by atoms with van der Waals surface area (Å²) in [5.74, 6) is 0. The molecular weight excluding hydrogens is 280 g/mol. The predicted octanol–water partition coefficient (Wildman–Crippen LogP) is 2.01. The van der Waals surface area contributed by atoms with Gasteiger partial charge in [0.2, 0.25) is 0 Å². The molecule has 2 heterocycles. The Bertz CT molecular complexity index is 485. The van der Waals surface area contributed by atoms with Crippen molar-refractivity contribution in [2.24, 2.45) is 0 Å². The predicted molar refractivity (Wildman–Crippen MR) is 87.1 cm³/mol. The minimum absolute atomic E-state index is 0.169. The monoisotopic (exact) mass is 306 g/mol. The summed E-state index contributed by atoms with van der Waals surface area (Å²) in [6.07, 6.45) is 4.91. The first-order valence-corrected chi connectivity index (χ1v) is 7.88. The maximum Gasteiger partial charge on any atom is 0.319 e. The summed E-state index contributed by atoms with van der Waals surface area (Å²) in [6.45, 7) is 9.70. The SMILES string of the molecule is Cc1cnccc1NC(=O)NCCCN1C[C@H](C)O[C@@H](C)C1. The first-order chi connectivity index (χ1) is 10.5. The van der Waals surface area contributed by atoms with E-state index in [9.17, 15) is 4.79 Å². The molecule has 0 aromatic carbocycles. The smallest absolute Gasteiger partial charge is 0.319 e. The summed E-state index contributed by atoms with van der Waals surface area (Å²) in [7, 11) is 0. The number of nitrogens with one attached hydrogen (secondary N) is 2. The van der Waals surface area contributed by atoms with Gasteiger partial charge in [0.15, 0.2) is 0 Å². The molecule has 2 amide bonds. The zero-order valence-corrected chi connectivity index (χ0v) is 13.6. The molecule has 2 atom stereocenters. The van der Waals surface area contributed by atoms with E-state index in [2.05, 4.69) is 34.4 Å². The highest BCUT2D eigenvalue weighted by Crippen LogP contribution is 2.11. The first-order valence-electron chi connectivity index (χ1n) is 7.88. The summed E-state index contributed by atoms with van der Waals surface area (Å²) in [6, 6.07) is 1.63. The highest BCUT2D eigenvalue weighted by Gasteiger charge is 2.21. The fourth-order valence-electron chi connectivity index (χ4n) is 2.75. The third-order valence-electron chi connectivity index (χ3n) is 3.70. The second-order valence-electron chi connectivity index (χ2n) is 5.94. The normalized spacial score (nSPS) is 22.3. The second-order valence-corrected chi connectivity index (χ2v) is 5.94. The van der Waals surface area contributed by atoms with Crippen LogP contribution >= 0.6 is 0 Å². The van der Waals surface area contributed by atoms with Crippen molar-refractivity contribution in [3.63, 3.8) is 0 Å². The second kappa shape index (κ2) is 8.10. The van der Waals surface area contributed by atoms with Gasteiger partial charge in [0, 0.05) is 44.3 Å². The number of carbonyl (C=O) groups is 1. The number of hydrogen-bond donors (Lipinski definition) is 2. The van der Waals surface area contributed by atoms with Gasteiger partial charge in [-0.2, -0.15) is 0 Å². The van der Waals surface area contributed by atoms with Gasteiger partial charge in [-0.25, -0.2) is 4.79 Å². The number of urea groups is 1. The summed E-state index contributed by atoms with van der Waals surface area (Å²) in [5.41, 5.74) is 1.75. The van der Waals surface area contributed by atoms with Crippen LogP contribution in [0.15, 0.2) is 18.5 Å². The fourth-order valence-corrected chi connectivity index (χ4v) is 2.75. The number of carbonyl (C=O) groups excluding carboxylic acids is 1. The van der Waals surface area contributed by atoms with E-state index in [4.69, 9.17) is 4.74 Å². The van der Waals surface area contributed by atoms with E-state index in [1.165, 1.54) is 0 Å². The number of aryl methyl sites for hydroxylation is 1. The van der Waals surface area contributed by atoms with Gasteiger partial charge in [-0.3, -0.25) is 9.88 Å². The van der Waals surface area contributed by atoms with Crippen LogP contribution in [-0.4, -0.2) is 54.3 Å². The van der Waals surface area contributed by atoms with E-state index >= 15 is 0 Å². The molecule has 0 aliphatic carbocycles. The summed E-state index contributed by atoms with van der Waals surface area (Å²) >= 11 is 0. The number of pyridine rings is 1. The average Bonchev–Trinajstić information content (AvgIpc) is 2.45. The molecule has 1 aromatic heterocycles. The Balaban J connectivity index is 1.64. The molecule has 6 nitrogen and oxygen atoms in total. The Hall–Kier alpha value is -1.66. The van der Waals surface area contributed by atoms with Gasteiger partial charge in [-0.1, -0.05) is 0 Å². The number of morpholine rings is 1. The number of anilines is 1. The van der Waals surface area contributed by atoms with Crippen molar-refractivity contribution in [1.29, 1.82) is 0 Å².